The van der Waals surface area contributed by atoms with E-state index in [4.69, 9.17) is 15.2 Å². The Morgan fingerprint density at radius 1 is 1.33 bits per heavy atom. The molecule has 1 heterocycles. The lowest BCUT2D eigenvalue weighted by molar-refractivity contribution is -0.385. The highest BCUT2D eigenvalue weighted by atomic mass is 16.6. The van der Waals surface area contributed by atoms with Gasteiger partial charge < -0.3 is 15.2 Å². The van der Waals surface area contributed by atoms with Crippen molar-refractivity contribution in [2.24, 2.45) is 5.73 Å². The second kappa shape index (κ2) is 6.19. The summed E-state index contributed by atoms with van der Waals surface area (Å²) >= 11 is 0. The molecule has 7 nitrogen and oxygen atoms in total. The molecule has 0 bridgehead atoms. The van der Waals surface area contributed by atoms with Crippen LogP contribution in [0.4, 0.5) is 5.69 Å². The summed E-state index contributed by atoms with van der Waals surface area (Å²) in [5, 5.41) is 11.1. The van der Waals surface area contributed by atoms with Gasteiger partial charge in [-0.25, -0.2) is 4.98 Å². The summed E-state index contributed by atoms with van der Waals surface area (Å²) in [5.74, 6) is 0.722. The van der Waals surface area contributed by atoms with Crippen molar-refractivity contribution >= 4 is 5.69 Å². The molecule has 110 valence electrons. The number of hydrogen-bond donors (Lipinski definition) is 1. The number of nitro benzene ring substituents is 1. The Morgan fingerprint density at radius 2 is 2.10 bits per heavy atom. The fourth-order valence-corrected chi connectivity index (χ4v) is 1.73. The lowest BCUT2D eigenvalue weighted by Crippen LogP contribution is -2.05. The van der Waals surface area contributed by atoms with Crippen molar-refractivity contribution in [1.29, 1.82) is 0 Å². The predicted molar refractivity (Wildman–Crippen MR) is 76.6 cm³/mol. The van der Waals surface area contributed by atoms with Crippen LogP contribution in [-0.4, -0.2) is 17.0 Å². The van der Waals surface area contributed by atoms with Crippen LogP contribution in [0.1, 0.15) is 18.5 Å². The van der Waals surface area contributed by atoms with Crippen LogP contribution >= 0.6 is 0 Å². The zero-order valence-corrected chi connectivity index (χ0v) is 11.6. The number of aromatic nitrogens is 1. The first-order valence-electron chi connectivity index (χ1n) is 6.23. The van der Waals surface area contributed by atoms with Gasteiger partial charge in [-0.05, 0) is 30.7 Å². The number of methoxy groups -OCH3 is 1. The molecule has 2 aromatic rings. The molecule has 0 aliphatic heterocycles. The summed E-state index contributed by atoms with van der Waals surface area (Å²) in [6, 6.07) is 7.58. The molecule has 7 heteroatoms. The minimum Gasteiger partial charge on any atom is -0.496 e. The van der Waals surface area contributed by atoms with Crippen molar-refractivity contribution in [3.63, 3.8) is 0 Å². The van der Waals surface area contributed by atoms with Crippen LogP contribution in [0.3, 0.4) is 0 Å². The highest BCUT2D eigenvalue weighted by Crippen LogP contribution is 2.34. The van der Waals surface area contributed by atoms with Gasteiger partial charge in [-0.15, -0.1) is 0 Å². The molecule has 0 saturated heterocycles. The molecular formula is C14H15N3O4. The molecule has 2 N–H and O–H groups in total. The van der Waals surface area contributed by atoms with Crippen LogP contribution in [0, 0.1) is 10.1 Å². The number of hydrogen-bond acceptors (Lipinski definition) is 6. The summed E-state index contributed by atoms with van der Waals surface area (Å²) in [5.41, 5.74) is 6.42. The Kier molecular flexibility index (Phi) is 4.34. The molecule has 1 aromatic heterocycles. The SMILES string of the molecule is COc1ccc(Oc2cc(C(C)N)ccn2)c([N+](=O)[O-])c1. The van der Waals surface area contributed by atoms with Gasteiger partial charge in [-0.1, -0.05) is 0 Å². The fourth-order valence-electron chi connectivity index (χ4n) is 1.73. The highest BCUT2D eigenvalue weighted by Gasteiger charge is 2.18. The maximum absolute atomic E-state index is 11.1. The molecule has 1 unspecified atom stereocenters. The van der Waals surface area contributed by atoms with Crippen LogP contribution in [0.25, 0.3) is 0 Å². The average Bonchev–Trinajstić information content (AvgIpc) is 2.47. The first kappa shape index (κ1) is 14.7. The van der Waals surface area contributed by atoms with E-state index in [9.17, 15) is 10.1 Å². The normalized spacial score (nSPS) is 11.8. The number of rotatable bonds is 5. The zero-order chi connectivity index (χ0) is 15.4. The van der Waals surface area contributed by atoms with Crippen molar-refractivity contribution in [2.75, 3.05) is 7.11 Å². The molecule has 0 aliphatic carbocycles. The van der Waals surface area contributed by atoms with Gasteiger partial charge >= 0.3 is 5.69 Å². The van der Waals surface area contributed by atoms with Crippen LogP contribution < -0.4 is 15.2 Å². The lowest BCUT2D eigenvalue weighted by atomic mass is 10.1. The monoisotopic (exact) mass is 289 g/mol. The largest absolute Gasteiger partial charge is 0.496 e. The Bertz CT molecular complexity index is 658. The van der Waals surface area contributed by atoms with Gasteiger partial charge in [-0.3, -0.25) is 10.1 Å². The van der Waals surface area contributed by atoms with Crippen molar-refractivity contribution in [3.8, 4) is 17.4 Å². The molecule has 0 radical (unpaired) electrons. The quantitative estimate of drug-likeness (QED) is 0.671. The topological polar surface area (TPSA) is 101 Å². The van der Waals surface area contributed by atoms with Crippen LogP contribution in [0.5, 0.6) is 17.4 Å². The molecule has 1 aromatic carbocycles. The molecule has 0 aliphatic rings. The number of pyridine rings is 1. The molecule has 1 atom stereocenters. The van der Waals surface area contributed by atoms with Gasteiger partial charge in [-0.2, -0.15) is 0 Å². The predicted octanol–water partition coefficient (Wildman–Crippen LogP) is 2.81. The Morgan fingerprint density at radius 3 is 2.71 bits per heavy atom. The summed E-state index contributed by atoms with van der Waals surface area (Å²) < 4.78 is 10.5. The van der Waals surface area contributed by atoms with Crippen LogP contribution in [0.2, 0.25) is 0 Å². The average molecular weight is 289 g/mol. The minimum absolute atomic E-state index is 0.0927. The van der Waals surface area contributed by atoms with E-state index in [0.29, 0.717) is 5.75 Å². The summed E-state index contributed by atoms with van der Waals surface area (Å²) in [7, 11) is 1.44. The molecule has 0 saturated carbocycles. The van der Waals surface area contributed by atoms with Gasteiger partial charge in [0.2, 0.25) is 11.6 Å². The smallest absolute Gasteiger partial charge is 0.315 e. The van der Waals surface area contributed by atoms with Gasteiger partial charge in [0, 0.05) is 18.3 Å². The minimum atomic E-state index is -0.534. The maximum Gasteiger partial charge on any atom is 0.315 e. The van der Waals surface area contributed by atoms with E-state index in [0.717, 1.165) is 5.56 Å². The second-order valence-corrected chi connectivity index (χ2v) is 4.41. The fraction of sp³-hybridized carbons (Fsp3) is 0.214. The molecular weight excluding hydrogens is 274 g/mol. The third-order valence-electron chi connectivity index (χ3n) is 2.86. The van der Waals surface area contributed by atoms with Crippen LogP contribution in [0.15, 0.2) is 36.5 Å². The van der Waals surface area contributed by atoms with E-state index in [1.165, 1.54) is 19.2 Å². The van der Waals surface area contributed by atoms with Crippen LogP contribution in [-0.2, 0) is 0 Å². The standard InChI is InChI=1S/C14H15N3O4/c1-9(15)10-5-6-16-14(7-10)21-13-4-3-11(20-2)8-12(13)17(18)19/h3-9H,15H2,1-2H3. The number of ether oxygens (including phenoxy) is 2. The lowest BCUT2D eigenvalue weighted by Gasteiger charge is -2.09. The van der Waals surface area contributed by atoms with E-state index in [-0.39, 0.29) is 23.4 Å². The number of nitrogens with zero attached hydrogens (tertiary/aromatic N) is 2. The third-order valence-corrected chi connectivity index (χ3v) is 2.86. The van der Waals surface area contributed by atoms with E-state index in [2.05, 4.69) is 4.98 Å². The van der Waals surface area contributed by atoms with E-state index < -0.39 is 4.92 Å². The van der Waals surface area contributed by atoms with Gasteiger partial charge in [0.15, 0.2) is 0 Å². The number of benzene rings is 1. The number of nitrogens with two attached hydrogens (primary N) is 1. The first-order valence-corrected chi connectivity index (χ1v) is 6.23. The highest BCUT2D eigenvalue weighted by molar-refractivity contribution is 5.52. The van der Waals surface area contributed by atoms with Gasteiger partial charge in [0.1, 0.15) is 5.75 Å². The Balaban J connectivity index is 2.35. The molecule has 2 rings (SSSR count). The molecule has 0 fully saturated rings. The van der Waals surface area contributed by atoms with Crippen molar-refractivity contribution < 1.29 is 14.4 Å². The summed E-state index contributed by atoms with van der Waals surface area (Å²) in [4.78, 5) is 14.6. The second-order valence-electron chi connectivity index (χ2n) is 4.41. The Hall–Kier alpha value is -2.67. The molecule has 0 amide bonds. The van der Waals surface area contributed by atoms with Crippen molar-refractivity contribution in [1.82, 2.24) is 4.98 Å². The summed E-state index contributed by atoms with van der Waals surface area (Å²) in [6.45, 7) is 1.83. The van der Waals surface area contributed by atoms with Gasteiger partial charge in [0.25, 0.3) is 0 Å². The van der Waals surface area contributed by atoms with Crippen molar-refractivity contribution in [2.45, 2.75) is 13.0 Å². The van der Waals surface area contributed by atoms with Crippen molar-refractivity contribution in [3.05, 3.63) is 52.2 Å². The molecule has 21 heavy (non-hydrogen) atoms. The maximum atomic E-state index is 11.1. The van der Waals surface area contributed by atoms with E-state index in [1.807, 2.05) is 6.92 Å². The zero-order valence-electron chi connectivity index (χ0n) is 11.6. The Labute approximate surface area is 121 Å². The third kappa shape index (κ3) is 3.46. The summed E-state index contributed by atoms with van der Waals surface area (Å²) in [6.07, 6.45) is 1.55. The number of nitro groups is 1. The first-order chi connectivity index (χ1) is 10.0. The molecule has 0 spiro atoms. The van der Waals surface area contributed by atoms with E-state index in [1.54, 1.807) is 24.4 Å². The van der Waals surface area contributed by atoms with E-state index >= 15 is 0 Å². The van der Waals surface area contributed by atoms with Gasteiger partial charge in [0.05, 0.1) is 18.1 Å².